The van der Waals surface area contributed by atoms with Crippen LogP contribution in [0.4, 0.5) is 0 Å². The molecule has 0 saturated heterocycles. The summed E-state index contributed by atoms with van der Waals surface area (Å²) in [6, 6.07) is 11.3. The average molecular weight is 351 g/mol. The summed E-state index contributed by atoms with van der Waals surface area (Å²) in [5, 5.41) is 12.4. The molecule has 1 heterocycles. The zero-order valence-corrected chi connectivity index (χ0v) is 13.5. The minimum atomic E-state index is -0.293. The fraction of sp³-hybridized carbons (Fsp3) is 0.312. The van der Waals surface area contributed by atoms with E-state index in [1.807, 2.05) is 48.0 Å². The summed E-state index contributed by atoms with van der Waals surface area (Å²) in [4.78, 5) is 12.3. The van der Waals surface area contributed by atoms with Crippen LogP contribution in [0.1, 0.15) is 23.0 Å². The van der Waals surface area contributed by atoms with E-state index < -0.39 is 0 Å². The van der Waals surface area contributed by atoms with Crippen molar-refractivity contribution in [3.05, 3.63) is 58.3 Å². The van der Waals surface area contributed by atoms with Crippen LogP contribution in [0.5, 0.6) is 0 Å². The van der Waals surface area contributed by atoms with Crippen LogP contribution in [0.15, 0.2) is 47.1 Å². The third-order valence-corrected chi connectivity index (χ3v) is 3.75. The van der Waals surface area contributed by atoms with Gasteiger partial charge in [0.25, 0.3) is 5.91 Å². The molecule has 0 radical (unpaired) electrons. The van der Waals surface area contributed by atoms with E-state index in [4.69, 9.17) is 0 Å². The molecule has 0 aliphatic rings. The summed E-state index contributed by atoms with van der Waals surface area (Å²) < 4.78 is 2.74. The molecular formula is C16H19BrN2O2. The SMILES string of the molecule is CCn1cc(Br)cc1C(=O)N[C@@H](CO)Cc1ccccc1. The van der Waals surface area contributed by atoms with E-state index in [-0.39, 0.29) is 18.6 Å². The number of hydrogen-bond acceptors (Lipinski definition) is 2. The lowest BCUT2D eigenvalue weighted by atomic mass is 10.1. The van der Waals surface area contributed by atoms with Crippen LogP contribution in [0.25, 0.3) is 0 Å². The van der Waals surface area contributed by atoms with Crippen LogP contribution in [0, 0.1) is 0 Å². The summed E-state index contributed by atoms with van der Waals surface area (Å²) in [5.41, 5.74) is 1.68. The number of rotatable bonds is 6. The number of aliphatic hydroxyl groups excluding tert-OH is 1. The Labute approximate surface area is 132 Å². The van der Waals surface area contributed by atoms with E-state index in [1.54, 1.807) is 6.07 Å². The molecule has 0 bridgehead atoms. The molecule has 2 rings (SSSR count). The second kappa shape index (κ2) is 7.43. The van der Waals surface area contributed by atoms with Gasteiger partial charge in [0.15, 0.2) is 0 Å². The molecule has 1 aromatic heterocycles. The summed E-state index contributed by atoms with van der Waals surface area (Å²) in [6.45, 7) is 2.61. The van der Waals surface area contributed by atoms with E-state index in [9.17, 15) is 9.90 Å². The molecular weight excluding hydrogens is 332 g/mol. The molecule has 0 spiro atoms. The van der Waals surface area contributed by atoms with Gasteiger partial charge in [0.2, 0.25) is 0 Å². The lowest BCUT2D eigenvalue weighted by Crippen LogP contribution is -2.39. The van der Waals surface area contributed by atoms with Crippen molar-refractivity contribution in [1.29, 1.82) is 0 Å². The normalized spacial score (nSPS) is 12.1. The first kappa shape index (κ1) is 15.8. The summed E-state index contributed by atoms with van der Waals surface area (Å²) in [5.74, 6) is -0.169. The van der Waals surface area contributed by atoms with Crippen molar-refractivity contribution in [2.75, 3.05) is 6.61 Å². The van der Waals surface area contributed by atoms with Gasteiger partial charge < -0.3 is 15.0 Å². The number of carbonyl (C=O) groups excluding carboxylic acids is 1. The van der Waals surface area contributed by atoms with Crippen molar-refractivity contribution in [1.82, 2.24) is 9.88 Å². The van der Waals surface area contributed by atoms with Crippen molar-refractivity contribution in [3.8, 4) is 0 Å². The Bertz CT molecular complexity index is 596. The van der Waals surface area contributed by atoms with Crippen LogP contribution in [0.3, 0.4) is 0 Å². The Kier molecular flexibility index (Phi) is 5.59. The van der Waals surface area contributed by atoms with Crippen molar-refractivity contribution >= 4 is 21.8 Å². The molecule has 21 heavy (non-hydrogen) atoms. The third kappa shape index (κ3) is 4.19. The van der Waals surface area contributed by atoms with Crippen LogP contribution < -0.4 is 5.32 Å². The van der Waals surface area contributed by atoms with Crippen LogP contribution in [-0.4, -0.2) is 28.2 Å². The Hall–Kier alpha value is -1.59. The van der Waals surface area contributed by atoms with Gasteiger partial charge >= 0.3 is 0 Å². The molecule has 0 aliphatic heterocycles. The number of aryl methyl sites for hydroxylation is 1. The summed E-state index contributed by atoms with van der Waals surface area (Å²) in [6.07, 6.45) is 2.48. The number of amides is 1. The maximum absolute atomic E-state index is 12.3. The van der Waals surface area contributed by atoms with Gasteiger partial charge in [-0.2, -0.15) is 0 Å². The number of halogens is 1. The molecule has 5 heteroatoms. The number of hydrogen-bond donors (Lipinski definition) is 2. The molecule has 0 aliphatic carbocycles. The van der Waals surface area contributed by atoms with Gasteiger partial charge in [-0.05, 0) is 40.9 Å². The van der Waals surface area contributed by atoms with Gasteiger partial charge in [0.05, 0.1) is 12.6 Å². The molecule has 1 amide bonds. The van der Waals surface area contributed by atoms with Crippen LogP contribution in [-0.2, 0) is 13.0 Å². The van der Waals surface area contributed by atoms with Crippen LogP contribution in [0.2, 0.25) is 0 Å². The molecule has 1 aromatic carbocycles. The fourth-order valence-corrected chi connectivity index (χ4v) is 2.71. The minimum Gasteiger partial charge on any atom is -0.394 e. The van der Waals surface area contributed by atoms with Crippen molar-refractivity contribution in [3.63, 3.8) is 0 Å². The lowest BCUT2D eigenvalue weighted by Gasteiger charge is -2.17. The first-order valence-corrected chi connectivity index (χ1v) is 7.74. The first-order chi connectivity index (χ1) is 10.1. The molecule has 0 fully saturated rings. The van der Waals surface area contributed by atoms with Gasteiger partial charge in [-0.15, -0.1) is 0 Å². The molecule has 1 atom stereocenters. The Morgan fingerprint density at radius 3 is 2.71 bits per heavy atom. The molecule has 2 aromatic rings. The first-order valence-electron chi connectivity index (χ1n) is 6.95. The molecule has 112 valence electrons. The van der Waals surface area contributed by atoms with E-state index >= 15 is 0 Å². The van der Waals surface area contributed by atoms with Gasteiger partial charge in [0.1, 0.15) is 5.69 Å². The second-order valence-electron chi connectivity index (χ2n) is 4.87. The smallest absolute Gasteiger partial charge is 0.268 e. The van der Waals surface area contributed by atoms with E-state index in [0.29, 0.717) is 12.1 Å². The van der Waals surface area contributed by atoms with E-state index in [0.717, 1.165) is 16.6 Å². The van der Waals surface area contributed by atoms with Crippen molar-refractivity contribution in [2.45, 2.75) is 25.9 Å². The average Bonchev–Trinajstić information content (AvgIpc) is 2.88. The standard InChI is InChI=1S/C16H19BrN2O2/c1-2-19-10-13(17)9-15(19)16(21)18-14(11-20)8-12-6-4-3-5-7-12/h3-7,9-10,14,20H,2,8,11H2,1H3,(H,18,21)/t14-/m1/s1. The lowest BCUT2D eigenvalue weighted by molar-refractivity contribution is 0.0907. The highest BCUT2D eigenvalue weighted by Gasteiger charge is 2.17. The molecule has 2 N–H and O–H groups in total. The predicted molar refractivity (Wildman–Crippen MR) is 86.3 cm³/mol. The topological polar surface area (TPSA) is 54.3 Å². The quantitative estimate of drug-likeness (QED) is 0.841. The number of aliphatic hydroxyl groups is 1. The molecule has 0 unspecified atom stereocenters. The zero-order chi connectivity index (χ0) is 15.2. The maximum Gasteiger partial charge on any atom is 0.268 e. The fourth-order valence-electron chi connectivity index (χ4n) is 2.25. The monoisotopic (exact) mass is 350 g/mol. The highest BCUT2D eigenvalue weighted by molar-refractivity contribution is 9.10. The number of benzene rings is 1. The van der Waals surface area contributed by atoms with E-state index in [1.165, 1.54) is 0 Å². The number of nitrogens with one attached hydrogen (secondary N) is 1. The van der Waals surface area contributed by atoms with Gasteiger partial charge in [-0.25, -0.2) is 0 Å². The van der Waals surface area contributed by atoms with Gasteiger partial charge in [0, 0.05) is 17.2 Å². The number of nitrogens with zero attached hydrogens (tertiary/aromatic N) is 1. The van der Waals surface area contributed by atoms with Gasteiger partial charge in [-0.3, -0.25) is 4.79 Å². The van der Waals surface area contributed by atoms with Crippen LogP contribution >= 0.6 is 15.9 Å². The third-order valence-electron chi connectivity index (χ3n) is 3.32. The van der Waals surface area contributed by atoms with E-state index in [2.05, 4.69) is 21.2 Å². The molecule has 0 saturated carbocycles. The van der Waals surface area contributed by atoms with Crippen molar-refractivity contribution < 1.29 is 9.90 Å². The number of carbonyl (C=O) groups is 1. The predicted octanol–water partition coefficient (Wildman–Crippen LogP) is 2.60. The Balaban J connectivity index is 2.05. The van der Waals surface area contributed by atoms with Crippen molar-refractivity contribution in [2.24, 2.45) is 0 Å². The summed E-state index contributed by atoms with van der Waals surface area (Å²) >= 11 is 3.38. The number of aromatic nitrogens is 1. The Morgan fingerprint density at radius 2 is 2.10 bits per heavy atom. The largest absolute Gasteiger partial charge is 0.394 e. The summed E-state index contributed by atoms with van der Waals surface area (Å²) in [7, 11) is 0. The molecule has 4 nitrogen and oxygen atoms in total. The second-order valence-corrected chi connectivity index (χ2v) is 5.79. The zero-order valence-electron chi connectivity index (χ0n) is 11.9. The van der Waals surface area contributed by atoms with Gasteiger partial charge in [-0.1, -0.05) is 30.3 Å². The highest BCUT2D eigenvalue weighted by atomic mass is 79.9. The minimum absolute atomic E-state index is 0.0887. The maximum atomic E-state index is 12.3. The Morgan fingerprint density at radius 1 is 1.38 bits per heavy atom. The highest BCUT2D eigenvalue weighted by Crippen LogP contribution is 2.15.